The predicted octanol–water partition coefficient (Wildman–Crippen LogP) is 1.22. The molecule has 0 bridgehead atoms. The summed E-state index contributed by atoms with van der Waals surface area (Å²) >= 11 is 0. The molecule has 5 heteroatoms. The van der Waals surface area contributed by atoms with Gasteiger partial charge in [-0.25, -0.2) is 0 Å². The highest BCUT2D eigenvalue weighted by atomic mass is 16.5. The Morgan fingerprint density at radius 2 is 2.33 bits per heavy atom. The third-order valence-electron chi connectivity index (χ3n) is 3.37. The Labute approximate surface area is 105 Å². The zero-order valence-electron chi connectivity index (χ0n) is 10.1. The molecule has 1 aromatic heterocycles. The molecule has 0 aliphatic heterocycles. The number of fused-ring (bicyclic) bond motifs is 1. The molecule has 0 saturated heterocycles. The van der Waals surface area contributed by atoms with Crippen LogP contribution >= 0.6 is 0 Å². The van der Waals surface area contributed by atoms with Gasteiger partial charge in [0.1, 0.15) is 0 Å². The molecule has 94 valence electrons. The van der Waals surface area contributed by atoms with Gasteiger partial charge in [-0.15, -0.1) is 0 Å². The summed E-state index contributed by atoms with van der Waals surface area (Å²) < 4.78 is 5.09. The number of nitrogens with two attached hydrogens (primary N) is 1. The first-order chi connectivity index (χ1) is 8.69. The molecule has 18 heavy (non-hydrogen) atoms. The zero-order valence-corrected chi connectivity index (χ0v) is 10.1. The van der Waals surface area contributed by atoms with E-state index < -0.39 is 6.10 Å². The lowest BCUT2D eigenvalue weighted by Gasteiger charge is -2.08. The second-order valence-electron chi connectivity index (χ2n) is 4.58. The lowest BCUT2D eigenvalue weighted by Crippen LogP contribution is -2.21. The summed E-state index contributed by atoms with van der Waals surface area (Å²) in [6, 6.07) is 5.55. The summed E-state index contributed by atoms with van der Waals surface area (Å²) in [4.78, 5) is 4.29. The Balaban J connectivity index is 1.98. The van der Waals surface area contributed by atoms with Gasteiger partial charge in [0.05, 0.1) is 12.1 Å². The van der Waals surface area contributed by atoms with Gasteiger partial charge in [-0.2, -0.15) is 4.98 Å². The van der Waals surface area contributed by atoms with Crippen molar-refractivity contribution in [3.05, 3.63) is 35.2 Å². The molecule has 3 N–H and O–H groups in total. The molecule has 5 nitrogen and oxygen atoms in total. The number of hydrogen-bond acceptors (Lipinski definition) is 5. The van der Waals surface area contributed by atoms with Gasteiger partial charge in [0, 0.05) is 18.4 Å². The molecule has 1 aromatic carbocycles. The van der Waals surface area contributed by atoms with E-state index in [2.05, 4.69) is 10.1 Å². The Morgan fingerprint density at radius 3 is 3.06 bits per heavy atom. The third kappa shape index (κ3) is 1.72. The van der Waals surface area contributed by atoms with Crippen molar-refractivity contribution in [2.75, 3.05) is 0 Å². The van der Waals surface area contributed by atoms with Gasteiger partial charge < -0.3 is 15.4 Å². The van der Waals surface area contributed by atoms with Crippen molar-refractivity contribution in [3.8, 4) is 11.4 Å². The molecule has 0 saturated carbocycles. The number of aliphatic hydroxyl groups is 1. The monoisotopic (exact) mass is 245 g/mol. The SMILES string of the molecule is CCc1nc(-c2ccc3c(c2)CC(O)[C@H]3N)no1. The van der Waals surface area contributed by atoms with Crippen molar-refractivity contribution >= 4 is 0 Å². The summed E-state index contributed by atoms with van der Waals surface area (Å²) in [7, 11) is 0. The number of aryl methyl sites for hydroxylation is 1. The average molecular weight is 245 g/mol. The summed E-state index contributed by atoms with van der Waals surface area (Å²) in [5.74, 6) is 1.21. The molecule has 1 heterocycles. The van der Waals surface area contributed by atoms with E-state index >= 15 is 0 Å². The quantitative estimate of drug-likeness (QED) is 0.830. The van der Waals surface area contributed by atoms with E-state index in [1.807, 2.05) is 25.1 Å². The molecule has 0 radical (unpaired) electrons. The van der Waals surface area contributed by atoms with Gasteiger partial charge in [-0.3, -0.25) is 0 Å². The van der Waals surface area contributed by atoms with Crippen LogP contribution in [0.25, 0.3) is 11.4 Å². The highest BCUT2D eigenvalue weighted by molar-refractivity contribution is 5.58. The summed E-state index contributed by atoms with van der Waals surface area (Å²) in [6.45, 7) is 1.97. The van der Waals surface area contributed by atoms with Gasteiger partial charge in [-0.05, 0) is 17.2 Å². The van der Waals surface area contributed by atoms with Crippen LogP contribution in [0.5, 0.6) is 0 Å². The van der Waals surface area contributed by atoms with E-state index in [0.717, 1.165) is 23.1 Å². The maximum Gasteiger partial charge on any atom is 0.226 e. The van der Waals surface area contributed by atoms with E-state index in [4.69, 9.17) is 10.3 Å². The van der Waals surface area contributed by atoms with Crippen LogP contribution < -0.4 is 5.73 Å². The van der Waals surface area contributed by atoms with Crippen molar-refractivity contribution in [2.24, 2.45) is 5.73 Å². The average Bonchev–Trinajstić information content (AvgIpc) is 2.95. The molecule has 3 rings (SSSR count). The number of aliphatic hydroxyl groups excluding tert-OH is 1. The van der Waals surface area contributed by atoms with Crippen LogP contribution in [0.15, 0.2) is 22.7 Å². The van der Waals surface area contributed by atoms with E-state index in [1.165, 1.54) is 0 Å². The summed E-state index contributed by atoms with van der Waals surface area (Å²) in [6.07, 6.45) is 0.816. The van der Waals surface area contributed by atoms with Crippen LogP contribution in [0.1, 0.15) is 30.0 Å². The van der Waals surface area contributed by atoms with E-state index in [0.29, 0.717) is 18.1 Å². The molecule has 1 aliphatic rings. The zero-order chi connectivity index (χ0) is 12.7. The van der Waals surface area contributed by atoms with Crippen LogP contribution in [0.2, 0.25) is 0 Å². The molecular formula is C13H15N3O2. The van der Waals surface area contributed by atoms with Crippen LogP contribution in [0.3, 0.4) is 0 Å². The maximum atomic E-state index is 9.75. The second kappa shape index (κ2) is 4.19. The standard InChI is InChI=1S/C13H15N3O2/c1-2-11-15-13(16-18-11)7-3-4-9-8(5-7)6-10(17)12(9)14/h3-5,10,12,17H,2,6,14H2,1H3/t10?,12-/m0/s1. The van der Waals surface area contributed by atoms with E-state index in [1.54, 1.807) is 0 Å². The number of nitrogens with zero attached hydrogens (tertiary/aromatic N) is 2. The van der Waals surface area contributed by atoms with Crippen molar-refractivity contribution in [1.29, 1.82) is 0 Å². The second-order valence-corrected chi connectivity index (χ2v) is 4.58. The summed E-state index contributed by atoms with van der Waals surface area (Å²) in [5.41, 5.74) is 8.88. The van der Waals surface area contributed by atoms with E-state index in [9.17, 15) is 5.11 Å². The lowest BCUT2D eigenvalue weighted by molar-refractivity contribution is 0.158. The number of aromatic nitrogens is 2. The molecule has 0 fully saturated rings. The Morgan fingerprint density at radius 1 is 1.50 bits per heavy atom. The molecule has 2 atom stereocenters. The first kappa shape index (κ1) is 11.4. The van der Waals surface area contributed by atoms with Gasteiger partial charge in [0.2, 0.25) is 11.7 Å². The minimum Gasteiger partial charge on any atom is -0.391 e. The number of hydrogen-bond donors (Lipinski definition) is 2. The molecule has 1 unspecified atom stereocenters. The van der Waals surface area contributed by atoms with Crippen LogP contribution in [0.4, 0.5) is 0 Å². The Bertz CT molecular complexity index is 579. The third-order valence-corrected chi connectivity index (χ3v) is 3.37. The minimum absolute atomic E-state index is 0.287. The van der Waals surface area contributed by atoms with Crippen molar-refractivity contribution in [2.45, 2.75) is 31.9 Å². The minimum atomic E-state index is -0.494. The highest BCUT2D eigenvalue weighted by Gasteiger charge is 2.28. The van der Waals surface area contributed by atoms with Crippen LogP contribution in [-0.2, 0) is 12.8 Å². The molecule has 2 aromatic rings. The molecular weight excluding hydrogens is 230 g/mol. The van der Waals surface area contributed by atoms with Crippen LogP contribution in [0, 0.1) is 0 Å². The maximum absolute atomic E-state index is 9.75. The van der Waals surface area contributed by atoms with Crippen LogP contribution in [-0.4, -0.2) is 21.4 Å². The lowest BCUT2D eigenvalue weighted by atomic mass is 10.0. The smallest absolute Gasteiger partial charge is 0.226 e. The van der Waals surface area contributed by atoms with E-state index in [-0.39, 0.29) is 6.04 Å². The van der Waals surface area contributed by atoms with Crippen molar-refractivity contribution < 1.29 is 9.63 Å². The molecule has 0 amide bonds. The number of rotatable bonds is 2. The van der Waals surface area contributed by atoms with Gasteiger partial charge >= 0.3 is 0 Å². The first-order valence-corrected chi connectivity index (χ1v) is 6.08. The van der Waals surface area contributed by atoms with Gasteiger partial charge in [-0.1, -0.05) is 24.2 Å². The largest absolute Gasteiger partial charge is 0.391 e. The fourth-order valence-corrected chi connectivity index (χ4v) is 2.32. The molecule has 0 spiro atoms. The Hall–Kier alpha value is -1.72. The topological polar surface area (TPSA) is 85.2 Å². The van der Waals surface area contributed by atoms with Crippen molar-refractivity contribution in [3.63, 3.8) is 0 Å². The van der Waals surface area contributed by atoms with Gasteiger partial charge in [0.15, 0.2) is 0 Å². The highest BCUT2D eigenvalue weighted by Crippen LogP contribution is 2.32. The predicted molar refractivity (Wildman–Crippen MR) is 65.8 cm³/mol. The van der Waals surface area contributed by atoms with Gasteiger partial charge in [0.25, 0.3) is 0 Å². The normalized spacial score (nSPS) is 22.2. The first-order valence-electron chi connectivity index (χ1n) is 6.08. The van der Waals surface area contributed by atoms with Crippen molar-refractivity contribution in [1.82, 2.24) is 10.1 Å². The molecule has 1 aliphatic carbocycles. The summed E-state index contributed by atoms with van der Waals surface area (Å²) in [5, 5.41) is 13.7. The fourth-order valence-electron chi connectivity index (χ4n) is 2.32. The fraction of sp³-hybridized carbons (Fsp3) is 0.385. The Kier molecular flexibility index (Phi) is 2.65. The number of benzene rings is 1.